The third-order valence-corrected chi connectivity index (χ3v) is 8.69. The van der Waals surface area contributed by atoms with Crippen LogP contribution in [0.5, 0.6) is 11.5 Å². The van der Waals surface area contributed by atoms with Crippen molar-refractivity contribution in [1.82, 2.24) is 16.0 Å². The maximum atomic E-state index is 14.1. The molecule has 0 aromatic heterocycles. The number of aromatic hydroxyl groups is 2. The fourth-order valence-electron chi connectivity index (χ4n) is 5.65. The van der Waals surface area contributed by atoms with E-state index in [2.05, 4.69) is 20.9 Å². The van der Waals surface area contributed by atoms with Gasteiger partial charge in [-0.25, -0.2) is 0 Å². The molecule has 0 spiro atoms. The van der Waals surface area contributed by atoms with Crippen LogP contribution in [0.15, 0.2) is 102 Å². The SMILES string of the molecule is CC(C=O)c1cccc(-c2cccc(C(=O)N[C@@H](Cc3ccc(O)cc3)C(=O)N[C@@H](Cc3ccc(O)cc3)C(=O)NC(CCCN=C(N)N)C(N)=O)c2)c1. The first-order valence-electron chi connectivity index (χ1n) is 17.3. The van der Waals surface area contributed by atoms with Crippen LogP contribution in [0.2, 0.25) is 0 Å². The number of aliphatic imine (C=N–C) groups is 1. The molecule has 0 bridgehead atoms. The largest absolute Gasteiger partial charge is 0.508 e. The predicted octanol–water partition coefficient (Wildman–Crippen LogP) is 2.16. The summed E-state index contributed by atoms with van der Waals surface area (Å²) in [6.07, 6.45) is 1.25. The fourth-order valence-corrected chi connectivity index (χ4v) is 5.65. The summed E-state index contributed by atoms with van der Waals surface area (Å²) in [7, 11) is 0. The summed E-state index contributed by atoms with van der Waals surface area (Å²) in [5.74, 6) is -3.20. The van der Waals surface area contributed by atoms with Gasteiger partial charge in [-0.05, 0) is 77.1 Å². The van der Waals surface area contributed by atoms with Crippen molar-refractivity contribution < 1.29 is 34.2 Å². The van der Waals surface area contributed by atoms with Crippen LogP contribution in [0, 0.1) is 0 Å². The zero-order valence-corrected chi connectivity index (χ0v) is 29.8. The minimum absolute atomic E-state index is 0.00215. The topological polar surface area (TPSA) is 252 Å². The van der Waals surface area contributed by atoms with Crippen LogP contribution < -0.4 is 33.2 Å². The highest BCUT2D eigenvalue weighted by Crippen LogP contribution is 2.25. The van der Waals surface area contributed by atoms with Gasteiger partial charge in [0, 0.05) is 30.9 Å². The van der Waals surface area contributed by atoms with Crippen molar-refractivity contribution in [2.24, 2.45) is 22.2 Å². The second-order valence-corrected chi connectivity index (χ2v) is 12.9. The number of rotatable bonds is 18. The van der Waals surface area contributed by atoms with Crippen LogP contribution in [-0.4, -0.2) is 70.8 Å². The van der Waals surface area contributed by atoms with Crippen LogP contribution in [-0.2, 0) is 32.0 Å². The molecule has 4 amide bonds. The van der Waals surface area contributed by atoms with Gasteiger partial charge in [-0.1, -0.05) is 67.6 Å². The highest BCUT2D eigenvalue weighted by atomic mass is 16.3. The van der Waals surface area contributed by atoms with E-state index in [1.165, 1.54) is 24.3 Å². The number of nitrogens with one attached hydrogen (secondary N) is 3. The Labute approximate surface area is 312 Å². The molecule has 0 heterocycles. The van der Waals surface area contributed by atoms with Gasteiger partial charge in [0.2, 0.25) is 17.7 Å². The Morgan fingerprint density at radius 3 is 1.76 bits per heavy atom. The summed E-state index contributed by atoms with van der Waals surface area (Å²) < 4.78 is 0. The number of carbonyl (C=O) groups is 5. The molecular formula is C40H45N7O7. The normalized spacial score (nSPS) is 13.0. The van der Waals surface area contributed by atoms with E-state index in [1.807, 2.05) is 30.3 Å². The first kappa shape index (κ1) is 40.1. The molecule has 4 aromatic carbocycles. The maximum Gasteiger partial charge on any atom is 0.251 e. The van der Waals surface area contributed by atoms with Gasteiger partial charge in [0.1, 0.15) is 35.9 Å². The highest BCUT2D eigenvalue weighted by molar-refractivity contribution is 5.99. The van der Waals surface area contributed by atoms with Gasteiger partial charge in [0.05, 0.1) is 0 Å². The van der Waals surface area contributed by atoms with Gasteiger partial charge in [-0.15, -0.1) is 0 Å². The molecule has 2 unspecified atom stereocenters. The van der Waals surface area contributed by atoms with E-state index in [9.17, 15) is 34.2 Å². The summed E-state index contributed by atoms with van der Waals surface area (Å²) in [6.45, 7) is 1.99. The van der Waals surface area contributed by atoms with Crippen molar-refractivity contribution in [3.8, 4) is 22.6 Å². The first-order valence-corrected chi connectivity index (χ1v) is 17.3. The van der Waals surface area contributed by atoms with Crippen molar-refractivity contribution in [2.75, 3.05) is 6.54 Å². The lowest BCUT2D eigenvalue weighted by atomic mass is 9.96. The molecule has 14 heteroatoms. The molecule has 0 aliphatic heterocycles. The molecule has 0 aliphatic carbocycles. The first-order chi connectivity index (χ1) is 25.8. The Kier molecular flexibility index (Phi) is 14.3. The second-order valence-electron chi connectivity index (χ2n) is 12.9. The van der Waals surface area contributed by atoms with Crippen LogP contribution in [0.4, 0.5) is 0 Å². The zero-order chi connectivity index (χ0) is 39.2. The molecule has 0 saturated carbocycles. The number of phenols is 2. The van der Waals surface area contributed by atoms with Crippen LogP contribution in [0.3, 0.4) is 0 Å². The molecule has 0 aliphatic rings. The summed E-state index contributed by atoms with van der Waals surface area (Å²) >= 11 is 0. The molecule has 0 fully saturated rings. The Morgan fingerprint density at radius 2 is 1.22 bits per heavy atom. The number of aldehydes is 1. The van der Waals surface area contributed by atoms with Gasteiger partial charge < -0.3 is 48.2 Å². The number of phenolic OH excluding ortho intramolecular Hbond substituents is 2. The van der Waals surface area contributed by atoms with E-state index in [4.69, 9.17) is 17.2 Å². The number of hydrogen-bond acceptors (Lipinski definition) is 8. The van der Waals surface area contributed by atoms with Gasteiger partial charge in [-0.3, -0.25) is 24.2 Å². The molecule has 4 rings (SSSR count). The number of carbonyl (C=O) groups excluding carboxylic acids is 5. The Bertz CT molecular complexity index is 1960. The second kappa shape index (κ2) is 19.2. The van der Waals surface area contributed by atoms with E-state index in [0.29, 0.717) is 17.5 Å². The fraction of sp³-hybridized carbons (Fsp3) is 0.250. The number of amides is 4. The van der Waals surface area contributed by atoms with Crippen molar-refractivity contribution >= 4 is 35.9 Å². The van der Waals surface area contributed by atoms with Crippen molar-refractivity contribution in [3.63, 3.8) is 0 Å². The molecule has 11 N–H and O–H groups in total. The highest BCUT2D eigenvalue weighted by Gasteiger charge is 2.30. The predicted molar refractivity (Wildman–Crippen MR) is 204 cm³/mol. The van der Waals surface area contributed by atoms with Crippen LogP contribution in [0.1, 0.15) is 52.7 Å². The van der Waals surface area contributed by atoms with Crippen molar-refractivity contribution in [2.45, 2.75) is 56.7 Å². The van der Waals surface area contributed by atoms with E-state index in [1.54, 1.807) is 49.4 Å². The third kappa shape index (κ3) is 11.9. The molecule has 282 valence electrons. The number of nitrogens with two attached hydrogens (primary N) is 3. The zero-order valence-electron chi connectivity index (χ0n) is 29.8. The van der Waals surface area contributed by atoms with E-state index < -0.39 is 41.8 Å². The molecule has 0 saturated heterocycles. The average molecular weight is 736 g/mol. The summed E-state index contributed by atoms with van der Waals surface area (Å²) in [6, 6.07) is 22.8. The molecule has 4 atom stereocenters. The summed E-state index contributed by atoms with van der Waals surface area (Å²) in [5, 5.41) is 27.8. The molecule has 0 radical (unpaired) electrons. The Hall–Kier alpha value is -6.70. The Morgan fingerprint density at radius 1 is 0.704 bits per heavy atom. The number of hydrogen-bond donors (Lipinski definition) is 8. The smallest absolute Gasteiger partial charge is 0.251 e. The average Bonchev–Trinajstić information content (AvgIpc) is 3.16. The van der Waals surface area contributed by atoms with Gasteiger partial charge in [-0.2, -0.15) is 0 Å². The van der Waals surface area contributed by atoms with Crippen LogP contribution >= 0.6 is 0 Å². The molecule has 54 heavy (non-hydrogen) atoms. The quantitative estimate of drug-likeness (QED) is 0.0322. The van der Waals surface area contributed by atoms with E-state index in [0.717, 1.165) is 23.0 Å². The maximum absolute atomic E-state index is 14.1. The molecule has 14 nitrogen and oxygen atoms in total. The van der Waals surface area contributed by atoms with E-state index >= 15 is 0 Å². The van der Waals surface area contributed by atoms with Gasteiger partial charge in [0.15, 0.2) is 5.96 Å². The number of guanidine groups is 1. The van der Waals surface area contributed by atoms with Gasteiger partial charge in [0.25, 0.3) is 5.91 Å². The lowest BCUT2D eigenvalue weighted by Crippen LogP contribution is -2.57. The van der Waals surface area contributed by atoms with Crippen molar-refractivity contribution in [3.05, 3.63) is 119 Å². The minimum atomic E-state index is -1.25. The monoisotopic (exact) mass is 735 g/mol. The third-order valence-electron chi connectivity index (χ3n) is 8.69. The molecule has 4 aromatic rings. The summed E-state index contributed by atoms with van der Waals surface area (Å²) in [5.41, 5.74) is 20.1. The Balaban J connectivity index is 1.61. The van der Waals surface area contributed by atoms with Gasteiger partial charge >= 0.3 is 0 Å². The number of nitrogens with zero attached hydrogens (tertiary/aromatic N) is 1. The lowest BCUT2D eigenvalue weighted by molar-refractivity contribution is -0.132. The minimum Gasteiger partial charge on any atom is -0.508 e. The number of primary amides is 1. The lowest BCUT2D eigenvalue weighted by Gasteiger charge is -2.25. The van der Waals surface area contributed by atoms with Crippen LogP contribution in [0.25, 0.3) is 11.1 Å². The standard InChI is InChI=1S/C40H45N7O7/c1-24(23-48)27-5-2-6-28(21-27)29-7-3-8-30(22-29)37(52)46-34(19-25-10-14-31(49)15-11-25)39(54)47-35(20-26-12-16-32(50)17-13-26)38(53)45-33(36(41)51)9-4-18-44-40(42)43/h2-3,5-8,10-17,21-24,33-35,49-50H,4,9,18-20H2,1H3,(H2,41,51)(H,45,53)(H,46,52)(H,47,54)(H4,42,43,44)/t24?,33?,34-,35-/m0/s1. The molecular weight excluding hydrogens is 690 g/mol. The number of benzene rings is 4. The summed E-state index contributed by atoms with van der Waals surface area (Å²) in [4.78, 5) is 69.2. The van der Waals surface area contributed by atoms with Crippen molar-refractivity contribution in [1.29, 1.82) is 0 Å². The van der Waals surface area contributed by atoms with E-state index in [-0.39, 0.29) is 54.7 Å².